The van der Waals surface area contributed by atoms with Crippen LogP contribution in [0, 0.1) is 12.8 Å². The summed E-state index contributed by atoms with van der Waals surface area (Å²) >= 11 is 0. The number of fused-ring (bicyclic) bond motifs is 1. The Morgan fingerprint density at radius 3 is 2.65 bits per heavy atom. The molecule has 1 aliphatic heterocycles. The molecule has 1 fully saturated rings. The fourth-order valence-electron chi connectivity index (χ4n) is 3.57. The zero-order valence-electron chi connectivity index (χ0n) is 14.7. The molecular weight excluding hydrogens is 346 g/mol. The van der Waals surface area contributed by atoms with Gasteiger partial charge in [0.2, 0.25) is 0 Å². The largest absolute Gasteiger partial charge is 0.493 e. The van der Waals surface area contributed by atoms with Gasteiger partial charge in [0.05, 0.1) is 18.1 Å². The van der Waals surface area contributed by atoms with E-state index in [4.69, 9.17) is 4.74 Å². The van der Waals surface area contributed by atoms with E-state index in [1.165, 1.54) is 0 Å². The molecule has 0 saturated carbocycles. The Bertz CT molecular complexity index is 1060. The smallest absolute Gasteiger partial charge is 0.150 e. The summed E-state index contributed by atoms with van der Waals surface area (Å²) in [5.74, 6) is 1.40. The molecule has 3 aromatic rings. The molecule has 1 saturated heterocycles. The van der Waals surface area contributed by atoms with Gasteiger partial charge < -0.3 is 4.74 Å². The lowest BCUT2D eigenvalue weighted by molar-refractivity contribution is 0.266. The third kappa shape index (κ3) is 3.44. The zero-order valence-corrected chi connectivity index (χ0v) is 15.5. The highest BCUT2D eigenvalue weighted by molar-refractivity contribution is 7.91. The number of benzene rings is 2. The highest BCUT2D eigenvalue weighted by atomic mass is 32.2. The van der Waals surface area contributed by atoms with Crippen LogP contribution in [0.1, 0.15) is 12.1 Å². The molecule has 134 valence electrons. The summed E-state index contributed by atoms with van der Waals surface area (Å²) in [5, 5.41) is 2.16. The normalized spacial score (nSPS) is 18.9. The summed E-state index contributed by atoms with van der Waals surface area (Å²) in [4.78, 5) is 4.27. The zero-order chi connectivity index (χ0) is 18.1. The predicted octanol–water partition coefficient (Wildman–Crippen LogP) is 4.02. The van der Waals surface area contributed by atoms with Crippen molar-refractivity contribution >= 4 is 20.6 Å². The first-order chi connectivity index (χ1) is 12.5. The molecule has 0 aliphatic carbocycles. The Hall–Kier alpha value is -2.40. The van der Waals surface area contributed by atoms with Gasteiger partial charge >= 0.3 is 0 Å². The summed E-state index contributed by atoms with van der Waals surface area (Å²) in [7, 11) is -2.88. The summed E-state index contributed by atoms with van der Waals surface area (Å²) in [6, 6.07) is 16.3. The first-order valence-corrected chi connectivity index (χ1v) is 10.6. The number of pyridine rings is 1. The van der Waals surface area contributed by atoms with Gasteiger partial charge in [-0.3, -0.25) is 4.98 Å². The average molecular weight is 367 g/mol. The second-order valence-corrected chi connectivity index (χ2v) is 9.15. The highest BCUT2D eigenvalue weighted by Gasteiger charge is 2.28. The number of hydrogen-bond acceptors (Lipinski definition) is 4. The molecule has 4 nitrogen and oxygen atoms in total. The van der Waals surface area contributed by atoms with E-state index in [9.17, 15) is 8.42 Å². The summed E-state index contributed by atoms with van der Waals surface area (Å²) in [6.07, 6.45) is 2.51. The van der Waals surface area contributed by atoms with Crippen LogP contribution in [0.3, 0.4) is 0 Å². The van der Waals surface area contributed by atoms with Crippen molar-refractivity contribution in [3.63, 3.8) is 0 Å². The Morgan fingerprint density at radius 2 is 1.92 bits per heavy atom. The van der Waals surface area contributed by atoms with Gasteiger partial charge in [0.15, 0.2) is 9.84 Å². The molecule has 1 atom stereocenters. The van der Waals surface area contributed by atoms with Gasteiger partial charge in [-0.1, -0.05) is 30.3 Å². The lowest BCUT2D eigenvalue weighted by Crippen LogP contribution is -2.13. The molecule has 2 aromatic carbocycles. The van der Waals surface area contributed by atoms with Crippen LogP contribution in [-0.4, -0.2) is 31.5 Å². The van der Waals surface area contributed by atoms with Crippen molar-refractivity contribution in [2.24, 2.45) is 5.92 Å². The maximum absolute atomic E-state index is 11.6. The molecule has 1 unspecified atom stereocenters. The Morgan fingerprint density at radius 1 is 1.12 bits per heavy atom. The van der Waals surface area contributed by atoms with Crippen molar-refractivity contribution in [2.75, 3.05) is 18.1 Å². The van der Waals surface area contributed by atoms with Crippen molar-refractivity contribution in [3.8, 4) is 16.9 Å². The Balaban J connectivity index is 1.66. The molecule has 4 rings (SSSR count). The average Bonchev–Trinajstić information content (AvgIpc) is 2.98. The second kappa shape index (κ2) is 6.72. The predicted molar refractivity (Wildman–Crippen MR) is 104 cm³/mol. The number of aryl methyl sites for hydroxylation is 1. The van der Waals surface area contributed by atoms with E-state index in [1.54, 1.807) is 0 Å². The van der Waals surface area contributed by atoms with Gasteiger partial charge in [-0.2, -0.15) is 0 Å². The molecule has 1 aromatic heterocycles. The fraction of sp³-hybridized carbons (Fsp3) is 0.286. The van der Waals surface area contributed by atoms with E-state index in [-0.39, 0.29) is 17.4 Å². The van der Waals surface area contributed by atoms with Crippen LogP contribution in [0.5, 0.6) is 5.75 Å². The third-order valence-electron chi connectivity index (χ3n) is 4.89. The van der Waals surface area contributed by atoms with Crippen molar-refractivity contribution in [1.82, 2.24) is 4.98 Å². The topological polar surface area (TPSA) is 56.3 Å². The molecule has 2 heterocycles. The lowest BCUT2D eigenvalue weighted by Gasteiger charge is -2.15. The van der Waals surface area contributed by atoms with E-state index in [2.05, 4.69) is 23.2 Å². The van der Waals surface area contributed by atoms with Crippen LogP contribution in [-0.2, 0) is 9.84 Å². The van der Waals surface area contributed by atoms with E-state index in [1.807, 2.05) is 43.5 Å². The van der Waals surface area contributed by atoms with Crippen LogP contribution < -0.4 is 4.74 Å². The Kier molecular flexibility index (Phi) is 4.41. The van der Waals surface area contributed by atoms with E-state index in [0.29, 0.717) is 13.0 Å². The fourth-order valence-corrected chi connectivity index (χ4v) is 5.41. The van der Waals surface area contributed by atoms with Crippen molar-refractivity contribution < 1.29 is 13.2 Å². The van der Waals surface area contributed by atoms with Crippen molar-refractivity contribution in [3.05, 3.63) is 60.4 Å². The SMILES string of the molecule is Cc1cc(-c2ccc(OCC3CCS(=O)(=O)C3)c3ccccc23)ccn1. The molecule has 26 heavy (non-hydrogen) atoms. The van der Waals surface area contributed by atoms with Crippen LogP contribution in [0.25, 0.3) is 21.9 Å². The van der Waals surface area contributed by atoms with Gasteiger partial charge in [0.1, 0.15) is 5.75 Å². The number of nitrogens with zero attached hydrogens (tertiary/aromatic N) is 1. The van der Waals surface area contributed by atoms with E-state index >= 15 is 0 Å². The van der Waals surface area contributed by atoms with E-state index < -0.39 is 9.84 Å². The molecule has 0 spiro atoms. The van der Waals surface area contributed by atoms with Gasteiger partial charge in [-0.05, 0) is 48.1 Å². The minimum Gasteiger partial charge on any atom is -0.493 e. The summed E-state index contributed by atoms with van der Waals surface area (Å²) < 4.78 is 29.3. The molecular formula is C21H21NO3S. The summed E-state index contributed by atoms with van der Waals surface area (Å²) in [5.41, 5.74) is 3.25. The first-order valence-electron chi connectivity index (χ1n) is 8.80. The summed E-state index contributed by atoms with van der Waals surface area (Å²) in [6.45, 7) is 2.43. The van der Waals surface area contributed by atoms with Gasteiger partial charge in [-0.25, -0.2) is 8.42 Å². The monoisotopic (exact) mass is 367 g/mol. The number of rotatable bonds is 4. The van der Waals surface area contributed by atoms with Crippen molar-refractivity contribution in [2.45, 2.75) is 13.3 Å². The molecule has 0 N–H and O–H groups in total. The molecule has 0 amide bonds. The standard InChI is InChI=1S/C21H21NO3S/c1-15-12-17(8-10-22-15)18-6-7-21(20-5-3-2-4-19(18)20)25-13-16-9-11-26(23,24)14-16/h2-8,10,12,16H,9,11,13-14H2,1H3. The van der Waals surface area contributed by atoms with Crippen LogP contribution in [0.4, 0.5) is 0 Å². The van der Waals surface area contributed by atoms with E-state index in [0.717, 1.165) is 33.3 Å². The van der Waals surface area contributed by atoms with Crippen LogP contribution in [0.2, 0.25) is 0 Å². The number of sulfone groups is 1. The number of ether oxygens (including phenoxy) is 1. The number of hydrogen-bond donors (Lipinski definition) is 0. The van der Waals surface area contributed by atoms with Crippen molar-refractivity contribution in [1.29, 1.82) is 0 Å². The Labute approximate surface area is 153 Å². The first kappa shape index (κ1) is 17.0. The third-order valence-corrected chi connectivity index (χ3v) is 6.73. The molecule has 1 aliphatic rings. The van der Waals surface area contributed by atoms with Crippen LogP contribution >= 0.6 is 0 Å². The molecule has 5 heteroatoms. The maximum Gasteiger partial charge on any atom is 0.150 e. The maximum atomic E-state index is 11.6. The van der Waals surface area contributed by atoms with Gasteiger partial charge in [-0.15, -0.1) is 0 Å². The highest BCUT2D eigenvalue weighted by Crippen LogP contribution is 2.35. The molecule has 0 bridgehead atoms. The van der Waals surface area contributed by atoms with Crippen LogP contribution in [0.15, 0.2) is 54.7 Å². The second-order valence-electron chi connectivity index (χ2n) is 6.92. The quantitative estimate of drug-likeness (QED) is 0.699. The minimum absolute atomic E-state index is 0.0845. The van der Waals surface area contributed by atoms with Gasteiger partial charge in [0.25, 0.3) is 0 Å². The minimum atomic E-state index is -2.88. The lowest BCUT2D eigenvalue weighted by atomic mass is 9.98. The molecule has 0 radical (unpaired) electrons. The number of aromatic nitrogens is 1. The van der Waals surface area contributed by atoms with Gasteiger partial charge in [0, 0.05) is 23.2 Å².